The molecule has 3 rings (SSSR count). The molecule has 29 heavy (non-hydrogen) atoms. The maximum absolute atomic E-state index is 12.4. The van der Waals surface area contributed by atoms with Crippen LogP contribution in [0.5, 0.6) is 5.75 Å². The number of hydrogen-bond donors (Lipinski definition) is 3. The fourth-order valence-corrected chi connectivity index (χ4v) is 2.65. The molecule has 0 unspecified atom stereocenters. The summed E-state index contributed by atoms with van der Waals surface area (Å²) < 4.78 is 5.39. The molecular weight excluding hydrogens is 366 g/mol. The van der Waals surface area contributed by atoms with E-state index in [9.17, 15) is 9.59 Å². The number of amides is 2. The van der Waals surface area contributed by atoms with Gasteiger partial charge in [0.05, 0.1) is 13.2 Å². The van der Waals surface area contributed by atoms with Gasteiger partial charge in [-0.2, -0.15) is 0 Å². The van der Waals surface area contributed by atoms with Crippen LogP contribution in [0.25, 0.3) is 0 Å². The zero-order valence-electron chi connectivity index (χ0n) is 16.1. The van der Waals surface area contributed by atoms with Crippen molar-refractivity contribution in [1.29, 1.82) is 0 Å². The Kier molecular flexibility index (Phi) is 6.84. The van der Waals surface area contributed by atoms with Crippen molar-refractivity contribution < 1.29 is 14.3 Å². The lowest BCUT2D eigenvalue weighted by Gasteiger charge is -2.09. The molecule has 148 valence electrons. The van der Waals surface area contributed by atoms with E-state index in [1.54, 1.807) is 36.4 Å². The van der Waals surface area contributed by atoms with Crippen molar-refractivity contribution in [2.75, 3.05) is 29.1 Å². The van der Waals surface area contributed by atoms with Gasteiger partial charge in [0.2, 0.25) is 5.91 Å². The molecule has 0 aliphatic heterocycles. The second-order valence-corrected chi connectivity index (χ2v) is 6.26. The lowest BCUT2D eigenvalue weighted by Crippen LogP contribution is -2.21. The second kappa shape index (κ2) is 9.94. The molecule has 0 aliphatic rings. The predicted molar refractivity (Wildman–Crippen MR) is 116 cm³/mol. The monoisotopic (exact) mass is 389 g/mol. The Hall–Kier alpha value is -3.80. The van der Waals surface area contributed by atoms with Gasteiger partial charge in [-0.25, -0.2) is 0 Å². The van der Waals surface area contributed by atoms with Gasteiger partial charge in [-0.1, -0.05) is 18.2 Å². The fraction of sp³-hybridized carbons (Fsp3) is 0.130. The molecular formula is C23H23N3O3. The Labute approximate surface area is 169 Å². The Balaban J connectivity index is 1.50. The van der Waals surface area contributed by atoms with Crippen molar-refractivity contribution in [2.24, 2.45) is 0 Å². The second-order valence-electron chi connectivity index (χ2n) is 6.26. The Morgan fingerprint density at radius 2 is 1.38 bits per heavy atom. The number of rotatable bonds is 8. The minimum atomic E-state index is -0.206. The highest BCUT2D eigenvalue weighted by atomic mass is 16.5. The Morgan fingerprint density at radius 1 is 0.759 bits per heavy atom. The Bertz CT molecular complexity index is 939. The van der Waals surface area contributed by atoms with Crippen LogP contribution in [-0.4, -0.2) is 25.0 Å². The maximum atomic E-state index is 12.4. The normalized spacial score (nSPS) is 10.1. The molecule has 0 saturated heterocycles. The van der Waals surface area contributed by atoms with Gasteiger partial charge in [-0.3, -0.25) is 9.59 Å². The number of anilines is 3. The Morgan fingerprint density at radius 3 is 2.03 bits per heavy atom. The zero-order valence-corrected chi connectivity index (χ0v) is 16.1. The van der Waals surface area contributed by atoms with Gasteiger partial charge in [0, 0.05) is 22.6 Å². The molecule has 3 aromatic carbocycles. The van der Waals surface area contributed by atoms with E-state index in [4.69, 9.17) is 4.74 Å². The molecule has 0 fully saturated rings. The van der Waals surface area contributed by atoms with E-state index in [-0.39, 0.29) is 18.4 Å². The summed E-state index contributed by atoms with van der Waals surface area (Å²) in [4.78, 5) is 24.4. The summed E-state index contributed by atoms with van der Waals surface area (Å²) >= 11 is 0. The molecule has 0 aromatic heterocycles. The lowest BCUT2D eigenvalue weighted by atomic mass is 10.2. The molecule has 2 amide bonds. The van der Waals surface area contributed by atoms with E-state index in [0.29, 0.717) is 17.9 Å². The van der Waals surface area contributed by atoms with E-state index in [0.717, 1.165) is 17.1 Å². The van der Waals surface area contributed by atoms with Crippen LogP contribution in [-0.2, 0) is 4.79 Å². The molecule has 3 aromatic rings. The smallest absolute Gasteiger partial charge is 0.255 e. The molecule has 0 saturated carbocycles. The van der Waals surface area contributed by atoms with Crippen molar-refractivity contribution in [2.45, 2.75) is 6.92 Å². The lowest BCUT2D eigenvalue weighted by molar-refractivity contribution is -0.114. The standard InChI is InChI=1S/C23H23N3O3/c1-2-29-21-14-12-20(13-15-21)26-23(28)17-8-10-18(11-9-17)24-16-22(27)25-19-6-4-3-5-7-19/h3-15,24H,2,16H2,1H3,(H,25,27)(H,26,28). The predicted octanol–water partition coefficient (Wildman–Crippen LogP) is 4.39. The van der Waals surface area contributed by atoms with Crippen LogP contribution < -0.4 is 20.7 Å². The number of nitrogens with one attached hydrogen (secondary N) is 3. The molecule has 0 spiro atoms. The van der Waals surface area contributed by atoms with E-state index in [1.807, 2.05) is 49.4 Å². The van der Waals surface area contributed by atoms with E-state index < -0.39 is 0 Å². The van der Waals surface area contributed by atoms with Crippen LogP contribution in [0.4, 0.5) is 17.1 Å². The summed E-state index contributed by atoms with van der Waals surface area (Å²) in [5, 5.41) is 8.69. The van der Waals surface area contributed by atoms with E-state index in [1.165, 1.54) is 0 Å². The minimum Gasteiger partial charge on any atom is -0.494 e. The average Bonchev–Trinajstić information content (AvgIpc) is 2.75. The van der Waals surface area contributed by atoms with E-state index >= 15 is 0 Å². The van der Waals surface area contributed by atoms with Crippen molar-refractivity contribution in [3.63, 3.8) is 0 Å². The molecule has 0 bridgehead atoms. The van der Waals surface area contributed by atoms with E-state index in [2.05, 4.69) is 16.0 Å². The molecule has 0 radical (unpaired) electrons. The quantitative estimate of drug-likeness (QED) is 0.534. The largest absolute Gasteiger partial charge is 0.494 e. The van der Waals surface area contributed by atoms with Crippen LogP contribution in [0.3, 0.4) is 0 Å². The molecule has 0 heterocycles. The van der Waals surface area contributed by atoms with Crippen molar-refractivity contribution >= 4 is 28.9 Å². The SMILES string of the molecule is CCOc1ccc(NC(=O)c2ccc(NCC(=O)Nc3ccccc3)cc2)cc1. The number of carbonyl (C=O) groups excluding carboxylic acids is 2. The van der Waals surface area contributed by atoms with Gasteiger partial charge in [-0.05, 0) is 67.6 Å². The summed E-state index contributed by atoms with van der Waals surface area (Å²) in [5.74, 6) is 0.410. The van der Waals surface area contributed by atoms with Gasteiger partial charge in [0.15, 0.2) is 0 Å². The summed E-state index contributed by atoms with van der Waals surface area (Å²) in [6.07, 6.45) is 0. The number of carbonyl (C=O) groups is 2. The van der Waals surface area contributed by atoms with Crippen molar-refractivity contribution in [1.82, 2.24) is 0 Å². The summed E-state index contributed by atoms with van der Waals surface area (Å²) in [6.45, 7) is 2.65. The summed E-state index contributed by atoms with van der Waals surface area (Å²) in [5.41, 5.74) is 2.72. The average molecular weight is 389 g/mol. The molecule has 6 nitrogen and oxygen atoms in total. The first-order valence-corrected chi connectivity index (χ1v) is 9.37. The van der Waals surface area contributed by atoms with Crippen LogP contribution >= 0.6 is 0 Å². The van der Waals surface area contributed by atoms with Gasteiger partial charge >= 0.3 is 0 Å². The van der Waals surface area contributed by atoms with Gasteiger partial charge in [0.25, 0.3) is 5.91 Å². The van der Waals surface area contributed by atoms with Crippen molar-refractivity contribution in [3.8, 4) is 5.75 Å². The zero-order chi connectivity index (χ0) is 20.5. The highest BCUT2D eigenvalue weighted by Crippen LogP contribution is 2.17. The summed E-state index contributed by atoms with van der Waals surface area (Å²) in [6, 6.07) is 23.4. The van der Waals surface area contributed by atoms with Gasteiger partial charge in [0.1, 0.15) is 5.75 Å². The van der Waals surface area contributed by atoms with Crippen LogP contribution in [0.2, 0.25) is 0 Å². The molecule has 0 atom stereocenters. The molecule has 6 heteroatoms. The van der Waals surface area contributed by atoms with Crippen LogP contribution in [0.1, 0.15) is 17.3 Å². The first kappa shape index (κ1) is 19.9. The first-order valence-electron chi connectivity index (χ1n) is 9.37. The first-order chi connectivity index (χ1) is 14.1. The van der Waals surface area contributed by atoms with Crippen LogP contribution in [0.15, 0.2) is 78.9 Å². The number of hydrogen-bond acceptors (Lipinski definition) is 4. The molecule has 3 N–H and O–H groups in total. The third-order valence-electron chi connectivity index (χ3n) is 4.08. The highest BCUT2D eigenvalue weighted by molar-refractivity contribution is 6.04. The maximum Gasteiger partial charge on any atom is 0.255 e. The minimum absolute atomic E-state index is 0.132. The topological polar surface area (TPSA) is 79.5 Å². The number of ether oxygens (including phenoxy) is 1. The van der Waals surface area contributed by atoms with Gasteiger partial charge in [-0.15, -0.1) is 0 Å². The number of para-hydroxylation sites is 1. The highest BCUT2D eigenvalue weighted by Gasteiger charge is 2.07. The van der Waals surface area contributed by atoms with Crippen molar-refractivity contribution in [3.05, 3.63) is 84.4 Å². The number of benzene rings is 3. The van der Waals surface area contributed by atoms with Crippen LogP contribution in [0, 0.1) is 0 Å². The molecule has 0 aliphatic carbocycles. The fourth-order valence-electron chi connectivity index (χ4n) is 2.65. The third kappa shape index (κ3) is 6.10. The summed E-state index contributed by atoms with van der Waals surface area (Å²) in [7, 11) is 0. The third-order valence-corrected chi connectivity index (χ3v) is 4.08. The van der Waals surface area contributed by atoms with Gasteiger partial charge < -0.3 is 20.7 Å².